The van der Waals surface area contributed by atoms with Gasteiger partial charge in [0.25, 0.3) is 0 Å². The molecular formula is C14H22BNSi. The van der Waals surface area contributed by atoms with Crippen LogP contribution < -0.4 is 10.1 Å². The van der Waals surface area contributed by atoms with Crippen molar-refractivity contribution in [3.63, 3.8) is 0 Å². The second kappa shape index (κ2) is 4.83. The van der Waals surface area contributed by atoms with Gasteiger partial charge in [-0.25, -0.2) is 0 Å². The summed E-state index contributed by atoms with van der Waals surface area (Å²) in [5.74, 6) is 0. The molecule has 0 fully saturated rings. The van der Waals surface area contributed by atoms with Crippen LogP contribution in [0.25, 0.3) is 0 Å². The maximum absolute atomic E-state index is 3.95. The van der Waals surface area contributed by atoms with Gasteiger partial charge in [0.1, 0.15) is 0 Å². The summed E-state index contributed by atoms with van der Waals surface area (Å²) in [6, 6.07) is 11.0. The normalized spacial score (nSPS) is 24.6. The average molecular weight is 243 g/mol. The van der Waals surface area contributed by atoms with E-state index in [0.717, 1.165) is 0 Å². The van der Waals surface area contributed by atoms with Crippen LogP contribution in [0.15, 0.2) is 41.0 Å². The van der Waals surface area contributed by atoms with Crippen LogP contribution in [-0.4, -0.2) is 15.1 Å². The topological polar surface area (TPSA) is 12.0 Å². The van der Waals surface area contributed by atoms with E-state index in [1.807, 2.05) is 0 Å². The van der Waals surface area contributed by atoms with E-state index in [4.69, 9.17) is 0 Å². The van der Waals surface area contributed by atoms with Crippen LogP contribution in [0, 0.1) is 0 Å². The van der Waals surface area contributed by atoms with Gasteiger partial charge in [-0.05, 0) is 25.1 Å². The molecule has 3 heteroatoms. The van der Waals surface area contributed by atoms with Gasteiger partial charge in [0.15, 0.2) is 8.24 Å². The Bertz CT molecular complexity index is 429. The largest absolute Gasteiger partial charge is 0.368 e. The molecule has 17 heavy (non-hydrogen) atoms. The Morgan fingerprint density at radius 2 is 1.82 bits per heavy atom. The van der Waals surface area contributed by atoms with Gasteiger partial charge in [-0.1, -0.05) is 61.2 Å². The lowest BCUT2D eigenvalue weighted by Gasteiger charge is -2.26. The quantitative estimate of drug-likeness (QED) is 0.805. The molecule has 1 heterocycles. The molecule has 1 aliphatic heterocycles. The van der Waals surface area contributed by atoms with Crippen LogP contribution in [0.3, 0.4) is 0 Å². The molecule has 1 nitrogen and oxygen atoms in total. The molecule has 1 aliphatic rings. The summed E-state index contributed by atoms with van der Waals surface area (Å²) >= 11 is 0. The van der Waals surface area contributed by atoms with Crippen molar-refractivity contribution >= 4 is 20.3 Å². The van der Waals surface area contributed by atoms with Crippen molar-refractivity contribution < 1.29 is 0 Å². The number of nitrogens with one attached hydrogen (secondary N) is 1. The molecule has 0 bridgehead atoms. The van der Waals surface area contributed by atoms with E-state index >= 15 is 0 Å². The summed E-state index contributed by atoms with van der Waals surface area (Å²) in [4.78, 5) is 3.95. The molecule has 1 atom stereocenters. The highest BCUT2D eigenvalue weighted by Crippen LogP contribution is 2.28. The molecule has 0 amide bonds. The summed E-state index contributed by atoms with van der Waals surface area (Å²) in [6.07, 6.45) is 2.39. The van der Waals surface area contributed by atoms with Gasteiger partial charge in [-0.15, -0.1) is 0 Å². The van der Waals surface area contributed by atoms with Crippen LogP contribution >= 0.6 is 0 Å². The van der Waals surface area contributed by atoms with E-state index in [1.165, 1.54) is 17.9 Å². The molecule has 0 spiro atoms. The third-order valence-corrected chi connectivity index (χ3v) is 8.49. The van der Waals surface area contributed by atoms with Crippen molar-refractivity contribution in [2.75, 3.05) is 0 Å². The minimum atomic E-state index is -1.60. The van der Waals surface area contributed by atoms with E-state index in [9.17, 15) is 0 Å². The lowest BCUT2D eigenvalue weighted by atomic mass is 9.54. The molecular weight excluding hydrogens is 221 g/mol. The molecule has 1 N–H and O–H groups in total. The molecule has 0 radical (unpaired) electrons. The minimum absolute atomic E-state index is 0.608. The average Bonchev–Trinajstić information content (AvgIpc) is 2.63. The lowest BCUT2D eigenvalue weighted by molar-refractivity contribution is 1.15. The first kappa shape index (κ1) is 12.7. The molecule has 0 saturated carbocycles. The molecule has 1 aromatic carbocycles. The summed E-state index contributed by atoms with van der Waals surface area (Å²) < 4.78 is 0. The van der Waals surface area contributed by atoms with Crippen LogP contribution in [0.4, 0.5) is 0 Å². The van der Waals surface area contributed by atoms with Crippen LogP contribution in [0.2, 0.25) is 12.9 Å². The number of hydrogen-bond acceptors (Lipinski definition) is 1. The predicted molar refractivity (Wildman–Crippen MR) is 80.1 cm³/mol. The Morgan fingerprint density at radius 3 is 2.29 bits per heavy atom. The molecule has 0 aromatic heterocycles. The second-order valence-electron chi connectivity index (χ2n) is 5.10. The van der Waals surface area contributed by atoms with E-state index in [1.54, 1.807) is 10.7 Å². The number of allylic oxidation sites excluding steroid dienone is 2. The monoisotopic (exact) mass is 243 g/mol. The number of rotatable bonds is 3. The third kappa shape index (κ3) is 2.02. The van der Waals surface area contributed by atoms with Gasteiger partial charge < -0.3 is 4.89 Å². The van der Waals surface area contributed by atoms with Crippen LogP contribution in [0.5, 0.6) is 0 Å². The van der Waals surface area contributed by atoms with Crippen molar-refractivity contribution in [1.29, 1.82) is 0 Å². The van der Waals surface area contributed by atoms with Gasteiger partial charge in [0, 0.05) is 0 Å². The second-order valence-corrected chi connectivity index (χ2v) is 8.97. The zero-order chi connectivity index (χ0) is 12.5. The van der Waals surface area contributed by atoms with Gasteiger partial charge in [0.2, 0.25) is 6.85 Å². The highest BCUT2D eigenvalue weighted by Gasteiger charge is 2.42. The zero-order valence-corrected chi connectivity index (χ0v) is 12.4. The number of hydrogen-bond donors (Lipinski definition) is 1. The summed E-state index contributed by atoms with van der Waals surface area (Å²) in [6.45, 7) is 9.97. The summed E-state index contributed by atoms with van der Waals surface area (Å²) in [5.41, 5.74) is 1.66. The van der Waals surface area contributed by atoms with Crippen molar-refractivity contribution in [2.45, 2.75) is 40.1 Å². The minimum Gasteiger partial charge on any atom is -0.368 e. The standard InChI is InChI=1S/C14H22BNSi/c1-5-14-12(3)17(4,16-15(14)6-2)13-10-8-7-9-11-13/h7-11,16H,5-6H2,1-4H3/t17-/m0/s1. The first-order valence-electron chi connectivity index (χ1n) is 6.66. The first-order valence-corrected chi connectivity index (χ1v) is 9.16. The van der Waals surface area contributed by atoms with Crippen molar-refractivity contribution in [1.82, 2.24) is 4.89 Å². The van der Waals surface area contributed by atoms with E-state index < -0.39 is 8.24 Å². The first-order chi connectivity index (χ1) is 8.13. The fraction of sp³-hybridized carbons (Fsp3) is 0.429. The summed E-state index contributed by atoms with van der Waals surface area (Å²) in [7, 11) is -1.60. The molecule has 2 rings (SSSR count). The molecule has 90 valence electrons. The SMILES string of the molecule is CCB1N[Si@](C)(c2ccccc2)C(C)=C1CC. The Morgan fingerprint density at radius 1 is 1.18 bits per heavy atom. The molecule has 0 saturated heterocycles. The van der Waals surface area contributed by atoms with Gasteiger partial charge in [0.05, 0.1) is 0 Å². The van der Waals surface area contributed by atoms with Gasteiger partial charge >= 0.3 is 0 Å². The molecule has 0 aliphatic carbocycles. The Hall–Kier alpha value is -0.798. The number of benzene rings is 1. The highest BCUT2D eigenvalue weighted by atomic mass is 28.3. The third-order valence-electron chi connectivity index (χ3n) is 4.26. The maximum atomic E-state index is 3.95. The fourth-order valence-corrected chi connectivity index (χ4v) is 6.80. The Balaban J connectivity index is 2.44. The van der Waals surface area contributed by atoms with E-state index in [0.29, 0.717) is 6.85 Å². The van der Waals surface area contributed by atoms with Crippen molar-refractivity contribution in [2.24, 2.45) is 0 Å². The Labute approximate surface area is 107 Å². The summed E-state index contributed by atoms with van der Waals surface area (Å²) in [5, 5.41) is 3.16. The molecule has 0 unspecified atom stereocenters. The predicted octanol–water partition coefficient (Wildman–Crippen LogP) is 2.89. The Kier molecular flexibility index (Phi) is 3.59. The van der Waals surface area contributed by atoms with Crippen molar-refractivity contribution in [3.8, 4) is 0 Å². The van der Waals surface area contributed by atoms with Gasteiger partial charge in [-0.2, -0.15) is 0 Å². The fourth-order valence-electron chi connectivity index (χ4n) is 3.06. The van der Waals surface area contributed by atoms with E-state index in [2.05, 4.69) is 62.5 Å². The lowest BCUT2D eigenvalue weighted by Crippen LogP contribution is -2.59. The highest BCUT2D eigenvalue weighted by molar-refractivity contribution is 7.04. The smallest absolute Gasteiger partial charge is 0.243 e. The maximum Gasteiger partial charge on any atom is 0.243 e. The van der Waals surface area contributed by atoms with Crippen LogP contribution in [0.1, 0.15) is 27.2 Å². The van der Waals surface area contributed by atoms with Crippen molar-refractivity contribution in [3.05, 3.63) is 41.0 Å². The van der Waals surface area contributed by atoms with Gasteiger partial charge in [-0.3, -0.25) is 0 Å². The van der Waals surface area contributed by atoms with Crippen LogP contribution in [-0.2, 0) is 0 Å². The van der Waals surface area contributed by atoms with E-state index in [-0.39, 0.29) is 0 Å². The molecule has 1 aromatic rings. The zero-order valence-electron chi connectivity index (χ0n) is 11.4.